The van der Waals surface area contributed by atoms with Crippen molar-refractivity contribution in [2.75, 3.05) is 4.72 Å². The molecule has 2 aromatic rings. The molecule has 2 aromatic carbocycles. The fourth-order valence-electron chi connectivity index (χ4n) is 1.38. The molecule has 19 heavy (non-hydrogen) atoms. The number of hydrogen-bond acceptors (Lipinski definition) is 2. The third-order valence-corrected chi connectivity index (χ3v) is 4.94. The SMILES string of the molecule is O=S(=O)(Nc1ccc(Br)cc1)c1ccc(Cl)c(Cl)c1. The van der Waals surface area contributed by atoms with Gasteiger partial charge in [-0.05, 0) is 42.5 Å². The molecule has 0 bridgehead atoms. The van der Waals surface area contributed by atoms with E-state index in [1.165, 1.54) is 18.2 Å². The molecule has 7 heteroatoms. The van der Waals surface area contributed by atoms with E-state index >= 15 is 0 Å². The lowest BCUT2D eigenvalue weighted by atomic mass is 10.3. The minimum absolute atomic E-state index is 0.0600. The van der Waals surface area contributed by atoms with Crippen molar-refractivity contribution in [3.8, 4) is 0 Å². The van der Waals surface area contributed by atoms with E-state index in [9.17, 15) is 8.42 Å². The average molecular weight is 381 g/mol. The van der Waals surface area contributed by atoms with Gasteiger partial charge in [-0.3, -0.25) is 4.72 Å². The second-order valence-electron chi connectivity index (χ2n) is 3.69. The van der Waals surface area contributed by atoms with E-state index < -0.39 is 10.0 Å². The first-order valence-electron chi connectivity index (χ1n) is 5.12. The fraction of sp³-hybridized carbons (Fsp3) is 0. The smallest absolute Gasteiger partial charge is 0.261 e. The first kappa shape index (κ1) is 14.7. The van der Waals surface area contributed by atoms with Gasteiger partial charge in [0, 0.05) is 10.2 Å². The molecule has 0 spiro atoms. The summed E-state index contributed by atoms with van der Waals surface area (Å²) in [6.07, 6.45) is 0. The Morgan fingerprint density at radius 3 is 2.16 bits per heavy atom. The number of rotatable bonds is 3. The van der Waals surface area contributed by atoms with Crippen LogP contribution in [0.25, 0.3) is 0 Å². The van der Waals surface area contributed by atoms with Gasteiger partial charge < -0.3 is 0 Å². The van der Waals surface area contributed by atoms with Gasteiger partial charge >= 0.3 is 0 Å². The highest BCUT2D eigenvalue weighted by atomic mass is 79.9. The van der Waals surface area contributed by atoms with Crippen LogP contribution in [0.15, 0.2) is 51.8 Å². The number of hydrogen-bond donors (Lipinski definition) is 1. The van der Waals surface area contributed by atoms with E-state index in [2.05, 4.69) is 20.7 Å². The molecule has 0 radical (unpaired) electrons. The van der Waals surface area contributed by atoms with Crippen molar-refractivity contribution >= 4 is 54.8 Å². The van der Waals surface area contributed by atoms with Crippen LogP contribution in [-0.2, 0) is 10.0 Å². The van der Waals surface area contributed by atoms with Crippen molar-refractivity contribution in [2.45, 2.75) is 4.90 Å². The molecule has 0 unspecified atom stereocenters. The number of anilines is 1. The summed E-state index contributed by atoms with van der Waals surface area (Å²) < 4.78 is 27.6. The first-order valence-corrected chi connectivity index (χ1v) is 8.15. The van der Waals surface area contributed by atoms with Crippen LogP contribution in [0.3, 0.4) is 0 Å². The van der Waals surface area contributed by atoms with Crippen molar-refractivity contribution < 1.29 is 8.42 Å². The molecule has 0 saturated heterocycles. The van der Waals surface area contributed by atoms with Crippen LogP contribution in [0.4, 0.5) is 5.69 Å². The number of benzene rings is 2. The fourth-order valence-corrected chi connectivity index (χ4v) is 3.09. The minimum Gasteiger partial charge on any atom is -0.280 e. The Kier molecular flexibility index (Phi) is 4.40. The molecule has 3 nitrogen and oxygen atoms in total. The monoisotopic (exact) mass is 379 g/mol. The molecule has 0 aliphatic heterocycles. The summed E-state index contributed by atoms with van der Waals surface area (Å²) in [7, 11) is -3.67. The third-order valence-electron chi connectivity index (χ3n) is 2.30. The Hall–Kier alpha value is -0.750. The maximum absolute atomic E-state index is 12.1. The molecule has 1 N–H and O–H groups in total. The molecule has 0 atom stereocenters. The lowest BCUT2D eigenvalue weighted by molar-refractivity contribution is 0.601. The standard InChI is InChI=1S/C12H8BrCl2NO2S/c13-8-1-3-9(4-2-8)16-19(17,18)10-5-6-11(14)12(15)7-10/h1-7,16H. The van der Waals surface area contributed by atoms with Crippen LogP contribution in [0, 0.1) is 0 Å². The largest absolute Gasteiger partial charge is 0.280 e. The molecule has 0 amide bonds. The highest BCUT2D eigenvalue weighted by molar-refractivity contribution is 9.10. The van der Waals surface area contributed by atoms with Gasteiger partial charge in [-0.2, -0.15) is 0 Å². The maximum Gasteiger partial charge on any atom is 0.261 e. The second-order valence-corrected chi connectivity index (χ2v) is 7.10. The van der Waals surface area contributed by atoms with E-state index in [0.717, 1.165) is 4.47 Å². The minimum atomic E-state index is -3.67. The summed E-state index contributed by atoms with van der Waals surface area (Å²) >= 11 is 14.8. The first-order chi connectivity index (χ1) is 8.88. The zero-order valence-electron chi connectivity index (χ0n) is 9.40. The average Bonchev–Trinajstić information content (AvgIpc) is 2.35. The quantitative estimate of drug-likeness (QED) is 0.848. The van der Waals surface area contributed by atoms with Gasteiger partial charge in [-0.1, -0.05) is 39.1 Å². The van der Waals surface area contributed by atoms with Crippen molar-refractivity contribution in [2.24, 2.45) is 0 Å². The van der Waals surface area contributed by atoms with Crippen molar-refractivity contribution in [1.29, 1.82) is 0 Å². The van der Waals surface area contributed by atoms with Gasteiger partial charge in [-0.25, -0.2) is 8.42 Å². The van der Waals surface area contributed by atoms with Gasteiger partial charge in [0.1, 0.15) is 0 Å². The van der Waals surface area contributed by atoms with Crippen LogP contribution >= 0.6 is 39.1 Å². The summed E-state index contributed by atoms with van der Waals surface area (Å²) in [4.78, 5) is 0.0600. The van der Waals surface area contributed by atoms with E-state index in [-0.39, 0.29) is 9.92 Å². The Balaban J connectivity index is 2.32. The third kappa shape index (κ3) is 3.63. The molecular formula is C12H8BrCl2NO2S. The molecule has 0 heterocycles. The summed E-state index contributed by atoms with van der Waals surface area (Å²) in [6, 6.07) is 10.9. The van der Waals surface area contributed by atoms with Crippen LogP contribution in [0.1, 0.15) is 0 Å². The molecule has 0 aliphatic carbocycles. The molecule has 2 rings (SSSR count). The molecule has 0 fully saturated rings. The zero-order valence-corrected chi connectivity index (χ0v) is 13.3. The predicted molar refractivity (Wildman–Crippen MR) is 81.4 cm³/mol. The summed E-state index contributed by atoms with van der Waals surface area (Å²) in [5, 5.41) is 0.504. The summed E-state index contributed by atoms with van der Waals surface area (Å²) in [6.45, 7) is 0. The van der Waals surface area contributed by atoms with Gasteiger partial charge in [0.15, 0.2) is 0 Å². The van der Waals surface area contributed by atoms with Gasteiger partial charge in [0.25, 0.3) is 10.0 Å². The van der Waals surface area contributed by atoms with Gasteiger partial charge in [0.05, 0.1) is 14.9 Å². The van der Waals surface area contributed by atoms with Crippen molar-refractivity contribution in [3.05, 3.63) is 57.0 Å². The molecule has 0 aliphatic rings. The topological polar surface area (TPSA) is 46.2 Å². The number of halogens is 3. The molecule has 0 saturated carbocycles. The van der Waals surface area contributed by atoms with E-state index in [1.807, 2.05) is 0 Å². The van der Waals surface area contributed by atoms with Crippen LogP contribution < -0.4 is 4.72 Å². The van der Waals surface area contributed by atoms with Crippen LogP contribution in [0.2, 0.25) is 10.0 Å². The van der Waals surface area contributed by atoms with Gasteiger partial charge in [-0.15, -0.1) is 0 Å². The van der Waals surface area contributed by atoms with E-state index in [4.69, 9.17) is 23.2 Å². The second kappa shape index (κ2) is 5.71. The van der Waals surface area contributed by atoms with E-state index in [1.54, 1.807) is 24.3 Å². The predicted octanol–water partition coefficient (Wildman–Crippen LogP) is 4.56. The summed E-state index contributed by atoms with van der Waals surface area (Å²) in [5.41, 5.74) is 0.467. The highest BCUT2D eigenvalue weighted by Crippen LogP contribution is 2.26. The number of nitrogens with one attached hydrogen (secondary N) is 1. The maximum atomic E-state index is 12.1. The Bertz CT molecular complexity index is 702. The van der Waals surface area contributed by atoms with Crippen molar-refractivity contribution in [3.63, 3.8) is 0 Å². The van der Waals surface area contributed by atoms with Crippen LogP contribution in [-0.4, -0.2) is 8.42 Å². The Labute approximate surface area is 129 Å². The molecule has 0 aromatic heterocycles. The van der Waals surface area contributed by atoms with Crippen LogP contribution in [0.5, 0.6) is 0 Å². The van der Waals surface area contributed by atoms with Crippen molar-refractivity contribution in [1.82, 2.24) is 0 Å². The lowest BCUT2D eigenvalue weighted by Crippen LogP contribution is -2.12. The lowest BCUT2D eigenvalue weighted by Gasteiger charge is -2.08. The Morgan fingerprint density at radius 2 is 1.58 bits per heavy atom. The molecular weight excluding hydrogens is 373 g/mol. The summed E-state index contributed by atoms with van der Waals surface area (Å²) in [5.74, 6) is 0. The Morgan fingerprint density at radius 1 is 0.947 bits per heavy atom. The normalized spacial score (nSPS) is 11.3. The van der Waals surface area contributed by atoms with Gasteiger partial charge in [0.2, 0.25) is 0 Å². The zero-order chi connectivity index (χ0) is 14.0. The molecule has 100 valence electrons. The van der Waals surface area contributed by atoms with E-state index in [0.29, 0.717) is 10.7 Å². The highest BCUT2D eigenvalue weighted by Gasteiger charge is 2.15. The number of sulfonamides is 1.